The van der Waals surface area contributed by atoms with E-state index in [2.05, 4.69) is 5.32 Å². The fourth-order valence-corrected chi connectivity index (χ4v) is 1.89. The minimum atomic E-state index is -4.57. The maximum Gasteiger partial charge on any atom is 0.417 e. The van der Waals surface area contributed by atoms with E-state index >= 15 is 0 Å². The summed E-state index contributed by atoms with van der Waals surface area (Å²) < 4.78 is 38.3. The van der Waals surface area contributed by atoms with Crippen LogP contribution < -0.4 is 10.2 Å². The van der Waals surface area contributed by atoms with Crippen LogP contribution in [0.5, 0.6) is 0 Å². The molecule has 1 rings (SSSR count). The lowest BCUT2D eigenvalue weighted by molar-refractivity contribution is -0.137. The molecule has 0 aromatic heterocycles. The average Bonchev–Trinajstić information content (AvgIpc) is 2.44. The summed E-state index contributed by atoms with van der Waals surface area (Å²) in [5.74, 6) is -0.248. The lowest BCUT2D eigenvalue weighted by atomic mass is 10.1. The number of alkyl halides is 3. The molecule has 0 fully saturated rings. The standard InChI is InChI=1S/C14H16F3N3O/c1-3-6-20(9-13(21)19-2)11-4-5-12(14(15,16)17)10(7-11)8-18/h4-5,7H,3,6,9H2,1-2H3,(H,19,21). The summed E-state index contributed by atoms with van der Waals surface area (Å²) >= 11 is 0. The van der Waals surface area contributed by atoms with Gasteiger partial charge in [-0.2, -0.15) is 18.4 Å². The van der Waals surface area contributed by atoms with Crippen LogP contribution in [0.25, 0.3) is 0 Å². The fraction of sp³-hybridized carbons (Fsp3) is 0.429. The molecule has 0 saturated heterocycles. The van der Waals surface area contributed by atoms with Crippen LogP contribution in [0.4, 0.5) is 18.9 Å². The van der Waals surface area contributed by atoms with Crippen LogP contribution >= 0.6 is 0 Å². The Morgan fingerprint density at radius 1 is 1.43 bits per heavy atom. The number of hydrogen-bond donors (Lipinski definition) is 1. The molecule has 21 heavy (non-hydrogen) atoms. The molecule has 0 spiro atoms. The number of anilines is 1. The molecule has 0 radical (unpaired) electrons. The van der Waals surface area contributed by atoms with E-state index in [9.17, 15) is 18.0 Å². The minimum absolute atomic E-state index is 0.0283. The molecule has 0 unspecified atom stereocenters. The van der Waals surface area contributed by atoms with Crippen molar-refractivity contribution in [2.24, 2.45) is 0 Å². The summed E-state index contributed by atoms with van der Waals surface area (Å²) in [6, 6.07) is 4.88. The van der Waals surface area contributed by atoms with Crippen LogP contribution in [0.15, 0.2) is 18.2 Å². The zero-order valence-corrected chi connectivity index (χ0v) is 11.8. The Labute approximate surface area is 121 Å². The average molecular weight is 299 g/mol. The summed E-state index contributed by atoms with van der Waals surface area (Å²) in [4.78, 5) is 13.1. The number of likely N-dealkylation sites (N-methyl/N-ethyl adjacent to an activating group) is 1. The second-order valence-electron chi connectivity index (χ2n) is 4.43. The Kier molecular flexibility index (Phi) is 5.59. The number of carbonyl (C=O) groups excluding carboxylic acids is 1. The van der Waals surface area contributed by atoms with Crippen LogP contribution in [-0.2, 0) is 11.0 Å². The van der Waals surface area contributed by atoms with Gasteiger partial charge in [-0.3, -0.25) is 4.79 Å². The van der Waals surface area contributed by atoms with Gasteiger partial charge in [0.05, 0.1) is 23.7 Å². The van der Waals surface area contributed by atoms with Gasteiger partial charge in [-0.1, -0.05) is 6.92 Å². The number of amides is 1. The number of rotatable bonds is 5. The molecule has 0 atom stereocenters. The molecule has 0 aliphatic rings. The molecule has 1 amide bonds. The number of benzene rings is 1. The Hall–Kier alpha value is -2.23. The van der Waals surface area contributed by atoms with Crippen molar-refractivity contribution in [3.05, 3.63) is 29.3 Å². The van der Waals surface area contributed by atoms with Crippen molar-refractivity contribution in [1.82, 2.24) is 5.32 Å². The van der Waals surface area contributed by atoms with Crippen LogP contribution in [0.2, 0.25) is 0 Å². The van der Waals surface area contributed by atoms with E-state index in [1.54, 1.807) is 11.0 Å². The fourth-order valence-electron chi connectivity index (χ4n) is 1.89. The van der Waals surface area contributed by atoms with Crippen molar-refractivity contribution in [2.45, 2.75) is 19.5 Å². The Morgan fingerprint density at radius 2 is 2.10 bits per heavy atom. The van der Waals surface area contributed by atoms with Crippen molar-refractivity contribution < 1.29 is 18.0 Å². The first-order valence-corrected chi connectivity index (χ1v) is 6.40. The molecule has 1 N–H and O–H groups in total. The van der Waals surface area contributed by atoms with Crippen LogP contribution in [-0.4, -0.2) is 26.0 Å². The topological polar surface area (TPSA) is 56.1 Å². The van der Waals surface area contributed by atoms with Crippen molar-refractivity contribution in [2.75, 3.05) is 25.0 Å². The number of nitriles is 1. The van der Waals surface area contributed by atoms with Crippen molar-refractivity contribution >= 4 is 11.6 Å². The number of carbonyl (C=O) groups is 1. The lowest BCUT2D eigenvalue weighted by Gasteiger charge is -2.24. The highest BCUT2D eigenvalue weighted by atomic mass is 19.4. The molecule has 1 aromatic rings. The SMILES string of the molecule is CCCN(CC(=O)NC)c1ccc(C(F)(F)F)c(C#N)c1. The zero-order valence-electron chi connectivity index (χ0n) is 11.8. The maximum atomic E-state index is 12.8. The van der Waals surface area contributed by atoms with Crippen LogP contribution in [0, 0.1) is 11.3 Å². The van der Waals surface area contributed by atoms with E-state index in [1.807, 2.05) is 6.92 Å². The van der Waals surface area contributed by atoms with E-state index in [-0.39, 0.29) is 12.5 Å². The zero-order chi connectivity index (χ0) is 16.0. The van der Waals surface area contributed by atoms with Crippen LogP contribution in [0.3, 0.4) is 0 Å². The minimum Gasteiger partial charge on any atom is -0.362 e. The summed E-state index contributed by atoms with van der Waals surface area (Å²) in [6.45, 7) is 2.43. The number of nitrogens with one attached hydrogen (secondary N) is 1. The summed E-state index contributed by atoms with van der Waals surface area (Å²) in [5, 5.41) is 11.4. The van der Waals surface area contributed by atoms with Crippen molar-refractivity contribution in [3.8, 4) is 6.07 Å². The first kappa shape index (κ1) is 16.8. The highest BCUT2D eigenvalue weighted by Crippen LogP contribution is 2.33. The van der Waals surface area contributed by atoms with Gasteiger partial charge in [0.2, 0.25) is 5.91 Å². The third kappa shape index (κ3) is 4.38. The second-order valence-corrected chi connectivity index (χ2v) is 4.43. The largest absolute Gasteiger partial charge is 0.417 e. The van der Waals surface area contributed by atoms with Gasteiger partial charge in [-0.25, -0.2) is 0 Å². The highest BCUT2D eigenvalue weighted by molar-refractivity contribution is 5.81. The molecule has 0 aliphatic carbocycles. The summed E-state index contributed by atoms with van der Waals surface area (Å²) in [5.41, 5.74) is -0.992. The van der Waals surface area contributed by atoms with Gasteiger partial charge in [-0.15, -0.1) is 0 Å². The summed E-state index contributed by atoms with van der Waals surface area (Å²) in [6.07, 6.45) is -3.85. The van der Waals surface area contributed by atoms with Gasteiger partial charge in [0, 0.05) is 19.3 Å². The molecule has 0 aliphatic heterocycles. The van der Waals surface area contributed by atoms with Gasteiger partial charge in [0.15, 0.2) is 0 Å². The monoisotopic (exact) mass is 299 g/mol. The van der Waals surface area contributed by atoms with Gasteiger partial charge in [-0.05, 0) is 24.6 Å². The van der Waals surface area contributed by atoms with Crippen molar-refractivity contribution in [3.63, 3.8) is 0 Å². The van der Waals surface area contributed by atoms with E-state index in [0.29, 0.717) is 12.2 Å². The molecule has 4 nitrogen and oxygen atoms in total. The van der Waals surface area contributed by atoms with E-state index in [4.69, 9.17) is 5.26 Å². The Bertz CT molecular complexity index is 549. The summed E-state index contributed by atoms with van der Waals surface area (Å²) in [7, 11) is 1.49. The van der Waals surface area contributed by atoms with Gasteiger partial charge in [0.1, 0.15) is 0 Å². The highest BCUT2D eigenvalue weighted by Gasteiger charge is 2.33. The second kappa shape index (κ2) is 6.97. The predicted octanol–water partition coefficient (Wildman–Crippen LogP) is 2.54. The molecule has 0 bridgehead atoms. The first-order valence-electron chi connectivity index (χ1n) is 6.40. The molecule has 0 heterocycles. The number of halogens is 3. The number of nitrogens with zero attached hydrogens (tertiary/aromatic N) is 2. The Balaban J connectivity index is 3.16. The third-order valence-electron chi connectivity index (χ3n) is 2.90. The molecular formula is C14H16F3N3O. The molecule has 0 saturated carbocycles. The molecular weight excluding hydrogens is 283 g/mol. The van der Waals surface area contributed by atoms with E-state index in [0.717, 1.165) is 12.5 Å². The number of hydrogen-bond acceptors (Lipinski definition) is 3. The molecule has 114 valence electrons. The predicted molar refractivity (Wildman–Crippen MR) is 72.7 cm³/mol. The van der Waals surface area contributed by atoms with Gasteiger partial charge < -0.3 is 10.2 Å². The van der Waals surface area contributed by atoms with Crippen LogP contribution in [0.1, 0.15) is 24.5 Å². The smallest absolute Gasteiger partial charge is 0.362 e. The molecule has 7 heteroatoms. The van der Waals surface area contributed by atoms with Gasteiger partial charge >= 0.3 is 6.18 Å². The quantitative estimate of drug-likeness (QED) is 0.909. The third-order valence-corrected chi connectivity index (χ3v) is 2.90. The Morgan fingerprint density at radius 3 is 2.57 bits per heavy atom. The lowest BCUT2D eigenvalue weighted by Crippen LogP contribution is -2.36. The van der Waals surface area contributed by atoms with Crippen molar-refractivity contribution in [1.29, 1.82) is 5.26 Å². The first-order chi connectivity index (χ1) is 9.83. The van der Waals surface area contributed by atoms with E-state index < -0.39 is 17.3 Å². The normalized spacial score (nSPS) is 10.9. The molecule has 1 aromatic carbocycles. The maximum absolute atomic E-state index is 12.8. The van der Waals surface area contributed by atoms with Gasteiger partial charge in [0.25, 0.3) is 0 Å². The van der Waals surface area contributed by atoms with E-state index in [1.165, 1.54) is 19.2 Å².